The number of aliphatic hydroxyl groups excluding tert-OH is 2. The summed E-state index contributed by atoms with van der Waals surface area (Å²) in [5.74, 6) is 0. The maximum atomic E-state index is 14.2. The smallest absolute Gasteiger partial charge is 0.257 e. The summed E-state index contributed by atoms with van der Waals surface area (Å²) in [6.45, 7) is -0.820. The molecule has 1 aromatic heterocycles. The van der Waals surface area contributed by atoms with Crippen molar-refractivity contribution in [1.82, 2.24) is 4.57 Å². The van der Waals surface area contributed by atoms with Crippen molar-refractivity contribution in [2.24, 2.45) is 0 Å². The Kier molecular flexibility index (Phi) is 3.86. The van der Waals surface area contributed by atoms with E-state index in [1.54, 1.807) is 0 Å². The zero-order valence-electron chi connectivity index (χ0n) is 9.47. The molecule has 2 rings (SSSR count). The van der Waals surface area contributed by atoms with E-state index in [0.717, 1.165) is 0 Å². The highest BCUT2D eigenvalue weighted by atomic mass is 79.9. The van der Waals surface area contributed by atoms with Crippen LogP contribution in [0.1, 0.15) is 5.56 Å². The van der Waals surface area contributed by atoms with E-state index in [1.807, 2.05) is 0 Å². The molecule has 0 bridgehead atoms. The summed E-state index contributed by atoms with van der Waals surface area (Å²) in [7, 11) is 0. The summed E-state index contributed by atoms with van der Waals surface area (Å²) < 4.78 is 20.7. The second-order valence-corrected chi connectivity index (χ2v) is 5.24. The lowest BCUT2D eigenvalue weighted by atomic mass is 9.95. The predicted octanol–water partition coefficient (Wildman–Crippen LogP) is 0.159. The second kappa shape index (κ2) is 5.08. The van der Waals surface area contributed by atoms with Crippen molar-refractivity contribution in [2.75, 3.05) is 19.8 Å². The van der Waals surface area contributed by atoms with Gasteiger partial charge in [0.05, 0.1) is 38.0 Å². The fraction of sp³-hybridized carbons (Fsp3) is 0.545. The number of pyridine rings is 1. The Morgan fingerprint density at radius 1 is 1.61 bits per heavy atom. The van der Waals surface area contributed by atoms with Gasteiger partial charge in [0.2, 0.25) is 0 Å². The number of hydrogen-bond donors (Lipinski definition) is 2. The molecule has 1 fully saturated rings. The molecule has 5 nitrogen and oxygen atoms in total. The quantitative estimate of drug-likeness (QED) is 0.828. The molecule has 0 amide bonds. The number of ether oxygens (including phenoxy) is 1. The molecule has 18 heavy (non-hydrogen) atoms. The molecule has 0 radical (unpaired) electrons. The molecular weight excluding hydrogens is 309 g/mol. The van der Waals surface area contributed by atoms with E-state index < -0.39 is 23.9 Å². The van der Waals surface area contributed by atoms with Gasteiger partial charge in [0.15, 0.2) is 5.67 Å². The van der Waals surface area contributed by atoms with E-state index in [4.69, 9.17) is 9.84 Å². The van der Waals surface area contributed by atoms with Crippen LogP contribution < -0.4 is 5.56 Å². The van der Waals surface area contributed by atoms with Crippen LogP contribution in [-0.4, -0.2) is 40.7 Å². The Balaban J connectivity index is 2.40. The van der Waals surface area contributed by atoms with Crippen LogP contribution in [-0.2, 0) is 17.0 Å². The minimum atomic E-state index is -1.76. The van der Waals surface area contributed by atoms with E-state index in [2.05, 4.69) is 15.9 Å². The molecule has 2 N–H and O–H groups in total. The summed E-state index contributed by atoms with van der Waals surface area (Å²) in [6, 6.07) is 1.42. The average Bonchev–Trinajstić information content (AvgIpc) is 2.30. The van der Waals surface area contributed by atoms with E-state index in [9.17, 15) is 14.3 Å². The molecular formula is C11H13BrFNO4. The standard InChI is InChI=1S/C11H13BrFNO4/c12-7-1-9(11(13)5-18-6-11)10(17)14(2-7)3-8(16)4-15/h1-2,8,15-16H,3-6H2/t8-/m0/s1. The third kappa shape index (κ3) is 2.49. The molecule has 0 spiro atoms. The Hall–Kier alpha value is -0.760. The molecule has 0 aromatic carbocycles. The van der Waals surface area contributed by atoms with Crippen molar-refractivity contribution in [3.63, 3.8) is 0 Å². The Bertz CT molecular complexity index is 500. The highest BCUT2D eigenvalue weighted by Crippen LogP contribution is 2.32. The minimum Gasteiger partial charge on any atom is -0.394 e. The summed E-state index contributed by atoms with van der Waals surface area (Å²) in [5.41, 5.74) is -2.27. The average molecular weight is 322 g/mol. The molecule has 2 heterocycles. The Morgan fingerprint density at radius 3 is 2.78 bits per heavy atom. The fourth-order valence-corrected chi connectivity index (χ4v) is 2.25. The molecule has 1 saturated heterocycles. The van der Waals surface area contributed by atoms with Gasteiger partial charge in [0.1, 0.15) is 0 Å². The lowest BCUT2D eigenvalue weighted by molar-refractivity contribution is -0.136. The number of nitrogens with zero attached hydrogens (tertiary/aromatic N) is 1. The molecule has 0 aliphatic carbocycles. The lowest BCUT2D eigenvalue weighted by Gasteiger charge is -2.33. The minimum absolute atomic E-state index is 0.00765. The molecule has 1 aliphatic rings. The van der Waals surface area contributed by atoms with Gasteiger partial charge in [-0.05, 0) is 22.0 Å². The Labute approximate surface area is 111 Å². The molecule has 1 atom stereocenters. The van der Waals surface area contributed by atoms with Crippen LogP contribution in [0.15, 0.2) is 21.5 Å². The number of aliphatic hydroxyl groups is 2. The second-order valence-electron chi connectivity index (χ2n) is 4.32. The molecule has 0 saturated carbocycles. The summed E-state index contributed by atoms with van der Waals surface area (Å²) in [5, 5.41) is 18.1. The zero-order chi connectivity index (χ0) is 13.3. The summed E-state index contributed by atoms with van der Waals surface area (Å²) >= 11 is 3.19. The van der Waals surface area contributed by atoms with Gasteiger partial charge in [-0.3, -0.25) is 4.79 Å². The van der Waals surface area contributed by atoms with E-state index in [0.29, 0.717) is 4.47 Å². The topological polar surface area (TPSA) is 71.7 Å². The van der Waals surface area contributed by atoms with E-state index >= 15 is 0 Å². The van der Waals surface area contributed by atoms with Crippen molar-refractivity contribution in [2.45, 2.75) is 18.3 Å². The summed E-state index contributed by atoms with van der Waals surface area (Å²) in [6.07, 6.45) is 0.395. The van der Waals surface area contributed by atoms with Crippen molar-refractivity contribution in [3.8, 4) is 0 Å². The van der Waals surface area contributed by atoms with E-state index in [1.165, 1.54) is 16.8 Å². The normalized spacial score (nSPS) is 19.3. The van der Waals surface area contributed by atoms with E-state index in [-0.39, 0.29) is 25.3 Å². The first-order chi connectivity index (χ1) is 8.46. The van der Waals surface area contributed by atoms with Gasteiger partial charge in [-0.15, -0.1) is 0 Å². The zero-order valence-corrected chi connectivity index (χ0v) is 11.1. The Morgan fingerprint density at radius 2 is 2.28 bits per heavy atom. The fourth-order valence-electron chi connectivity index (χ4n) is 1.78. The SMILES string of the molecule is O=c1c(C2(F)COC2)cc(Br)cn1C[C@H](O)CO. The van der Waals surface area contributed by atoms with Crippen LogP contribution in [0.3, 0.4) is 0 Å². The molecule has 100 valence electrons. The van der Waals surface area contributed by atoms with Gasteiger partial charge in [0.25, 0.3) is 5.56 Å². The van der Waals surface area contributed by atoms with Crippen molar-refractivity contribution < 1.29 is 19.3 Å². The van der Waals surface area contributed by atoms with Crippen LogP contribution in [0.2, 0.25) is 0 Å². The van der Waals surface area contributed by atoms with Crippen LogP contribution in [0.25, 0.3) is 0 Å². The van der Waals surface area contributed by atoms with Crippen LogP contribution in [0.5, 0.6) is 0 Å². The molecule has 1 aromatic rings. The maximum absolute atomic E-state index is 14.2. The maximum Gasteiger partial charge on any atom is 0.257 e. The van der Waals surface area contributed by atoms with Gasteiger partial charge in [-0.1, -0.05) is 0 Å². The van der Waals surface area contributed by atoms with Crippen molar-refractivity contribution in [3.05, 3.63) is 32.7 Å². The third-order valence-electron chi connectivity index (χ3n) is 2.82. The van der Waals surface area contributed by atoms with Crippen molar-refractivity contribution >= 4 is 15.9 Å². The first-order valence-electron chi connectivity index (χ1n) is 5.42. The van der Waals surface area contributed by atoms with Crippen LogP contribution in [0, 0.1) is 0 Å². The molecule has 7 heteroatoms. The largest absolute Gasteiger partial charge is 0.394 e. The highest BCUT2D eigenvalue weighted by Gasteiger charge is 2.43. The number of aromatic nitrogens is 1. The molecule has 1 aliphatic heterocycles. The van der Waals surface area contributed by atoms with Gasteiger partial charge in [-0.25, -0.2) is 4.39 Å². The number of hydrogen-bond acceptors (Lipinski definition) is 4. The number of halogens is 2. The van der Waals surface area contributed by atoms with Gasteiger partial charge in [0, 0.05) is 10.7 Å². The first kappa shape index (κ1) is 13.7. The van der Waals surface area contributed by atoms with Crippen LogP contribution >= 0.6 is 15.9 Å². The highest BCUT2D eigenvalue weighted by molar-refractivity contribution is 9.10. The molecule has 0 unspecified atom stereocenters. The lowest BCUT2D eigenvalue weighted by Crippen LogP contribution is -2.47. The van der Waals surface area contributed by atoms with Crippen LogP contribution in [0.4, 0.5) is 4.39 Å². The number of alkyl halides is 1. The monoisotopic (exact) mass is 321 g/mol. The van der Waals surface area contributed by atoms with Gasteiger partial charge >= 0.3 is 0 Å². The summed E-state index contributed by atoms with van der Waals surface area (Å²) in [4.78, 5) is 12.1. The van der Waals surface area contributed by atoms with Crippen molar-refractivity contribution in [1.29, 1.82) is 0 Å². The number of rotatable bonds is 4. The van der Waals surface area contributed by atoms with Gasteiger partial charge in [-0.2, -0.15) is 0 Å². The third-order valence-corrected chi connectivity index (χ3v) is 3.25. The first-order valence-corrected chi connectivity index (χ1v) is 6.21. The van der Waals surface area contributed by atoms with Gasteiger partial charge < -0.3 is 19.5 Å². The predicted molar refractivity (Wildman–Crippen MR) is 65.1 cm³/mol.